The van der Waals surface area contributed by atoms with E-state index in [4.69, 9.17) is 9.47 Å². The first-order valence-corrected chi connectivity index (χ1v) is 5.84. The molecule has 0 saturated carbocycles. The molecule has 3 rings (SSSR count). The molecule has 92 valence electrons. The summed E-state index contributed by atoms with van der Waals surface area (Å²) in [7, 11) is 0. The van der Waals surface area contributed by atoms with Gasteiger partial charge in [0.2, 0.25) is 5.78 Å². The van der Waals surface area contributed by atoms with E-state index < -0.39 is 28.6 Å². The summed E-state index contributed by atoms with van der Waals surface area (Å²) in [6, 6.07) is 0. The van der Waals surface area contributed by atoms with Gasteiger partial charge in [0, 0.05) is 12.8 Å². The highest BCUT2D eigenvalue weighted by Gasteiger charge is 2.76. The first-order chi connectivity index (χ1) is 7.93. The Morgan fingerprint density at radius 2 is 2.12 bits per heavy atom. The zero-order valence-electron chi connectivity index (χ0n) is 9.82. The second-order valence-electron chi connectivity index (χ2n) is 5.31. The van der Waals surface area contributed by atoms with Crippen molar-refractivity contribution in [1.29, 1.82) is 0 Å². The summed E-state index contributed by atoms with van der Waals surface area (Å²) in [6.07, 6.45) is 1.03. The number of hydrogen-bond donors (Lipinski definition) is 0. The predicted octanol–water partition coefficient (Wildman–Crippen LogP) is 0.255. The Morgan fingerprint density at radius 1 is 1.41 bits per heavy atom. The van der Waals surface area contributed by atoms with Crippen molar-refractivity contribution < 1.29 is 23.9 Å². The molecule has 17 heavy (non-hydrogen) atoms. The van der Waals surface area contributed by atoms with Crippen LogP contribution in [0.3, 0.4) is 0 Å². The van der Waals surface area contributed by atoms with E-state index in [0.29, 0.717) is 13.0 Å². The van der Waals surface area contributed by atoms with Gasteiger partial charge < -0.3 is 9.47 Å². The van der Waals surface area contributed by atoms with Gasteiger partial charge in [-0.15, -0.1) is 0 Å². The molecule has 0 aliphatic carbocycles. The minimum absolute atomic E-state index is 0.0907. The van der Waals surface area contributed by atoms with Gasteiger partial charge in [0.25, 0.3) is 0 Å². The van der Waals surface area contributed by atoms with Crippen molar-refractivity contribution in [2.24, 2.45) is 11.3 Å². The standard InChI is InChI=1S/C12H14O5/c1-6(13)9(14)12-4-3-8(17-12)7-5-16-10(15)11(7,12)2/h7-8H,3-5H2,1-2H3/t7-,8+,11-,12-/m0/s1. The third kappa shape index (κ3) is 0.972. The van der Waals surface area contributed by atoms with Gasteiger partial charge in [0.05, 0.1) is 12.7 Å². The largest absolute Gasteiger partial charge is 0.465 e. The van der Waals surface area contributed by atoms with Crippen molar-refractivity contribution in [1.82, 2.24) is 0 Å². The highest BCUT2D eigenvalue weighted by atomic mass is 16.6. The van der Waals surface area contributed by atoms with Crippen LogP contribution in [0.25, 0.3) is 0 Å². The maximum Gasteiger partial charge on any atom is 0.315 e. The molecule has 0 radical (unpaired) electrons. The van der Waals surface area contributed by atoms with Crippen LogP contribution in [0.5, 0.6) is 0 Å². The third-order valence-corrected chi connectivity index (χ3v) is 4.67. The number of esters is 1. The maximum atomic E-state index is 12.1. The van der Waals surface area contributed by atoms with E-state index in [1.807, 2.05) is 0 Å². The SMILES string of the molecule is CC(=O)C(=O)[C@]12CC[C@@H](O1)[C@@H]1COC(=O)[C@]12C. The zero-order valence-corrected chi connectivity index (χ0v) is 9.82. The molecule has 0 aromatic rings. The number of carbonyl (C=O) groups is 3. The average Bonchev–Trinajstić information content (AvgIpc) is 2.89. The molecule has 3 saturated heterocycles. The van der Waals surface area contributed by atoms with Crippen LogP contribution >= 0.6 is 0 Å². The monoisotopic (exact) mass is 238 g/mol. The van der Waals surface area contributed by atoms with E-state index in [1.54, 1.807) is 6.92 Å². The lowest BCUT2D eigenvalue weighted by atomic mass is 9.60. The molecule has 3 aliphatic heterocycles. The van der Waals surface area contributed by atoms with Crippen molar-refractivity contribution in [3.05, 3.63) is 0 Å². The summed E-state index contributed by atoms with van der Waals surface area (Å²) < 4.78 is 10.8. The molecule has 2 bridgehead atoms. The fraction of sp³-hybridized carbons (Fsp3) is 0.750. The Morgan fingerprint density at radius 3 is 2.76 bits per heavy atom. The number of ether oxygens (including phenoxy) is 2. The van der Waals surface area contributed by atoms with E-state index in [9.17, 15) is 14.4 Å². The van der Waals surface area contributed by atoms with Gasteiger partial charge in [-0.25, -0.2) is 0 Å². The lowest BCUT2D eigenvalue weighted by molar-refractivity contribution is -0.166. The normalized spacial score (nSPS) is 46.8. The van der Waals surface area contributed by atoms with Crippen LogP contribution in [0.15, 0.2) is 0 Å². The Hall–Kier alpha value is -1.23. The predicted molar refractivity (Wildman–Crippen MR) is 55.1 cm³/mol. The Labute approximate surface area is 98.4 Å². The van der Waals surface area contributed by atoms with Gasteiger partial charge in [-0.1, -0.05) is 0 Å². The molecule has 3 heterocycles. The Balaban J connectivity index is 2.13. The second-order valence-corrected chi connectivity index (χ2v) is 5.31. The molecule has 5 heteroatoms. The number of carbonyl (C=O) groups excluding carboxylic acids is 3. The maximum absolute atomic E-state index is 12.1. The summed E-state index contributed by atoms with van der Waals surface area (Å²) in [4.78, 5) is 35.4. The van der Waals surface area contributed by atoms with Crippen molar-refractivity contribution >= 4 is 17.5 Å². The quantitative estimate of drug-likeness (QED) is 0.509. The molecule has 0 aromatic carbocycles. The van der Waals surface area contributed by atoms with Crippen LogP contribution in [0.1, 0.15) is 26.7 Å². The molecule has 0 N–H and O–H groups in total. The first kappa shape index (κ1) is 10.9. The Kier molecular flexibility index (Phi) is 1.90. The van der Waals surface area contributed by atoms with E-state index in [0.717, 1.165) is 6.42 Å². The molecule has 0 spiro atoms. The lowest BCUT2D eigenvalue weighted by Gasteiger charge is -2.36. The summed E-state index contributed by atoms with van der Waals surface area (Å²) >= 11 is 0. The summed E-state index contributed by atoms with van der Waals surface area (Å²) in [5, 5.41) is 0. The molecule has 4 atom stereocenters. The average molecular weight is 238 g/mol. The van der Waals surface area contributed by atoms with Crippen LogP contribution in [0.2, 0.25) is 0 Å². The molecular weight excluding hydrogens is 224 g/mol. The minimum Gasteiger partial charge on any atom is -0.465 e. The molecule has 3 fully saturated rings. The van der Waals surface area contributed by atoms with E-state index in [2.05, 4.69) is 0 Å². The molecule has 0 amide bonds. The van der Waals surface area contributed by atoms with Gasteiger partial charge >= 0.3 is 5.97 Å². The van der Waals surface area contributed by atoms with Crippen molar-refractivity contribution in [2.45, 2.75) is 38.4 Å². The second kappa shape index (κ2) is 2.96. The topological polar surface area (TPSA) is 69.7 Å². The van der Waals surface area contributed by atoms with E-state index in [1.165, 1.54) is 6.92 Å². The highest BCUT2D eigenvalue weighted by molar-refractivity contribution is 6.40. The van der Waals surface area contributed by atoms with Gasteiger partial charge in [-0.05, 0) is 19.8 Å². The van der Waals surface area contributed by atoms with Gasteiger partial charge in [-0.3, -0.25) is 14.4 Å². The number of ketones is 2. The summed E-state index contributed by atoms with van der Waals surface area (Å²) in [5.74, 6) is -1.62. The number of fused-ring (bicyclic) bond motifs is 5. The summed E-state index contributed by atoms with van der Waals surface area (Å²) in [5.41, 5.74) is -2.24. The van der Waals surface area contributed by atoms with Gasteiger partial charge in [0.1, 0.15) is 5.41 Å². The molecule has 0 aromatic heterocycles. The smallest absolute Gasteiger partial charge is 0.315 e. The number of Topliss-reactive ketones (excluding diaryl/α,β-unsaturated/α-hetero) is 2. The number of rotatable bonds is 2. The fourth-order valence-corrected chi connectivity index (χ4v) is 3.65. The fourth-order valence-electron chi connectivity index (χ4n) is 3.65. The zero-order chi connectivity index (χ0) is 12.4. The molecule has 5 nitrogen and oxygen atoms in total. The number of hydrogen-bond acceptors (Lipinski definition) is 5. The lowest BCUT2D eigenvalue weighted by Crippen LogP contribution is -2.56. The van der Waals surface area contributed by atoms with Crippen LogP contribution in [0, 0.1) is 11.3 Å². The number of cyclic esters (lactones) is 1. The third-order valence-electron chi connectivity index (χ3n) is 4.67. The molecule has 0 unspecified atom stereocenters. The summed E-state index contributed by atoms with van der Waals surface area (Å²) in [6.45, 7) is 3.23. The van der Waals surface area contributed by atoms with Crippen LogP contribution < -0.4 is 0 Å². The first-order valence-electron chi connectivity index (χ1n) is 5.84. The van der Waals surface area contributed by atoms with Gasteiger partial charge in [0.15, 0.2) is 11.4 Å². The van der Waals surface area contributed by atoms with Gasteiger partial charge in [-0.2, -0.15) is 0 Å². The van der Waals surface area contributed by atoms with Crippen molar-refractivity contribution in [2.75, 3.05) is 6.61 Å². The van der Waals surface area contributed by atoms with E-state index >= 15 is 0 Å². The molecular formula is C12H14O5. The van der Waals surface area contributed by atoms with Crippen LogP contribution in [-0.4, -0.2) is 35.8 Å². The van der Waals surface area contributed by atoms with Crippen LogP contribution in [-0.2, 0) is 23.9 Å². The van der Waals surface area contributed by atoms with Crippen LogP contribution in [0.4, 0.5) is 0 Å². The van der Waals surface area contributed by atoms with Crippen molar-refractivity contribution in [3.8, 4) is 0 Å². The van der Waals surface area contributed by atoms with E-state index in [-0.39, 0.29) is 12.0 Å². The minimum atomic E-state index is -1.26. The Bertz CT molecular complexity index is 442. The highest BCUT2D eigenvalue weighted by Crippen LogP contribution is 2.62. The molecule has 3 aliphatic rings. The van der Waals surface area contributed by atoms with Crippen molar-refractivity contribution in [3.63, 3.8) is 0 Å².